The van der Waals surface area contributed by atoms with Crippen molar-refractivity contribution >= 4 is 22.6 Å². The third kappa shape index (κ3) is 4.94. The standard InChI is InChI=1S/C27H33N5O3/c1-18-13-23(35-12-11-34-2)15-24-25(18)29-17-30-26(24)32-8-5-19-3-4-20(14-21(19)16-32)27(33)31-9-6-22(28)7-10-31/h3-4,13-15,17,22H,5-12,16,28H2,1-2H3. The Bertz CT molecular complexity index is 1220. The number of hydrogen-bond acceptors (Lipinski definition) is 7. The van der Waals surface area contributed by atoms with Crippen LogP contribution in [0.5, 0.6) is 5.75 Å². The van der Waals surface area contributed by atoms with Gasteiger partial charge in [0, 0.05) is 50.3 Å². The number of aryl methyl sites for hydroxylation is 1. The number of rotatable bonds is 6. The molecule has 3 aromatic rings. The van der Waals surface area contributed by atoms with E-state index >= 15 is 0 Å². The minimum atomic E-state index is 0.0952. The molecule has 2 aliphatic rings. The molecule has 2 aliphatic heterocycles. The van der Waals surface area contributed by atoms with Crippen molar-refractivity contribution in [2.24, 2.45) is 5.73 Å². The number of fused-ring (bicyclic) bond motifs is 2. The lowest BCUT2D eigenvalue weighted by Gasteiger charge is -2.32. The van der Waals surface area contributed by atoms with Crippen molar-refractivity contribution in [3.05, 3.63) is 58.9 Å². The molecule has 8 heteroatoms. The number of likely N-dealkylation sites (tertiary alicyclic amines) is 1. The lowest BCUT2D eigenvalue weighted by atomic mass is 9.96. The van der Waals surface area contributed by atoms with E-state index in [1.165, 1.54) is 11.1 Å². The number of piperidine rings is 1. The summed E-state index contributed by atoms with van der Waals surface area (Å²) in [7, 11) is 1.66. The number of methoxy groups -OCH3 is 1. The van der Waals surface area contributed by atoms with Gasteiger partial charge in [-0.3, -0.25) is 4.79 Å². The summed E-state index contributed by atoms with van der Waals surface area (Å²) in [4.78, 5) is 26.5. The predicted octanol–water partition coefficient (Wildman–Crippen LogP) is 3.09. The van der Waals surface area contributed by atoms with Crippen LogP contribution in [0.3, 0.4) is 0 Å². The van der Waals surface area contributed by atoms with Crippen LogP contribution in [0.4, 0.5) is 5.82 Å². The summed E-state index contributed by atoms with van der Waals surface area (Å²) < 4.78 is 11.0. The maximum absolute atomic E-state index is 13.1. The average molecular weight is 476 g/mol. The molecule has 5 rings (SSSR count). The fourth-order valence-electron chi connectivity index (χ4n) is 5.03. The van der Waals surface area contributed by atoms with Gasteiger partial charge in [-0.15, -0.1) is 0 Å². The van der Waals surface area contributed by atoms with E-state index in [1.807, 2.05) is 30.0 Å². The van der Waals surface area contributed by atoms with Crippen LogP contribution in [0.2, 0.25) is 0 Å². The molecule has 35 heavy (non-hydrogen) atoms. The summed E-state index contributed by atoms with van der Waals surface area (Å²) in [5, 5.41) is 0.972. The highest BCUT2D eigenvalue weighted by molar-refractivity contribution is 5.95. The zero-order chi connectivity index (χ0) is 24.4. The Morgan fingerprint density at radius 3 is 2.71 bits per heavy atom. The number of carbonyl (C=O) groups excluding carboxylic acids is 1. The summed E-state index contributed by atoms with van der Waals surface area (Å²) >= 11 is 0. The van der Waals surface area contributed by atoms with E-state index < -0.39 is 0 Å². The molecule has 0 radical (unpaired) electrons. The third-order valence-electron chi connectivity index (χ3n) is 7.03. The molecule has 3 heterocycles. The molecule has 0 aliphatic carbocycles. The molecule has 1 aromatic heterocycles. The maximum Gasteiger partial charge on any atom is 0.253 e. The van der Waals surface area contributed by atoms with E-state index in [1.54, 1.807) is 13.4 Å². The SMILES string of the molecule is COCCOc1cc(C)c2ncnc(N3CCc4ccc(C(=O)N5CCC(N)CC5)cc4C3)c2c1. The Morgan fingerprint density at radius 2 is 1.91 bits per heavy atom. The quantitative estimate of drug-likeness (QED) is 0.548. The Labute approximate surface area is 206 Å². The topological polar surface area (TPSA) is 93.8 Å². The fourth-order valence-corrected chi connectivity index (χ4v) is 5.03. The van der Waals surface area contributed by atoms with Crippen molar-refractivity contribution in [3.63, 3.8) is 0 Å². The Hall–Kier alpha value is -3.23. The molecule has 1 fully saturated rings. The highest BCUT2D eigenvalue weighted by Gasteiger charge is 2.25. The number of anilines is 1. The summed E-state index contributed by atoms with van der Waals surface area (Å²) in [6.45, 7) is 6.06. The molecule has 2 N–H and O–H groups in total. The molecule has 0 unspecified atom stereocenters. The minimum absolute atomic E-state index is 0.0952. The van der Waals surface area contributed by atoms with Gasteiger partial charge in [-0.1, -0.05) is 6.07 Å². The summed E-state index contributed by atoms with van der Waals surface area (Å²) in [5.41, 5.74) is 11.2. The van der Waals surface area contributed by atoms with Gasteiger partial charge in [0.05, 0.1) is 12.1 Å². The van der Waals surface area contributed by atoms with Crippen molar-refractivity contribution in [1.29, 1.82) is 0 Å². The molecule has 0 saturated carbocycles. The van der Waals surface area contributed by atoms with E-state index in [0.717, 1.165) is 72.5 Å². The van der Waals surface area contributed by atoms with Crippen molar-refractivity contribution in [2.75, 3.05) is 44.9 Å². The van der Waals surface area contributed by atoms with Gasteiger partial charge in [0.15, 0.2) is 0 Å². The van der Waals surface area contributed by atoms with Gasteiger partial charge in [0.1, 0.15) is 24.5 Å². The van der Waals surface area contributed by atoms with Crippen LogP contribution < -0.4 is 15.4 Å². The summed E-state index contributed by atoms with van der Waals surface area (Å²) in [6, 6.07) is 10.4. The molecular formula is C27H33N5O3. The number of amides is 1. The molecule has 184 valence electrons. The lowest BCUT2D eigenvalue weighted by molar-refractivity contribution is 0.0714. The van der Waals surface area contributed by atoms with Crippen molar-refractivity contribution < 1.29 is 14.3 Å². The fraction of sp³-hybridized carbons (Fsp3) is 0.444. The highest BCUT2D eigenvalue weighted by Crippen LogP contribution is 2.33. The number of nitrogens with zero attached hydrogens (tertiary/aromatic N) is 4. The van der Waals surface area contributed by atoms with Gasteiger partial charge in [0.2, 0.25) is 0 Å². The van der Waals surface area contributed by atoms with E-state index in [2.05, 4.69) is 27.0 Å². The smallest absolute Gasteiger partial charge is 0.253 e. The monoisotopic (exact) mass is 475 g/mol. The second-order valence-corrected chi connectivity index (χ2v) is 9.46. The number of carbonyl (C=O) groups is 1. The van der Waals surface area contributed by atoms with Crippen LogP contribution in [-0.2, 0) is 17.7 Å². The molecule has 1 amide bonds. The Morgan fingerprint density at radius 1 is 1.09 bits per heavy atom. The Kier molecular flexibility index (Phi) is 6.83. The van der Waals surface area contributed by atoms with Crippen molar-refractivity contribution in [2.45, 2.75) is 38.8 Å². The second-order valence-electron chi connectivity index (χ2n) is 9.46. The predicted molar refractivity (Wildman–Crippen MR) is 136 cm³/mol. The number of hydrogen-bond donors (Lipinski definition) is 1. The number of ether oxygens (including phenoxy) is 2. The van der Waals surface area contributed by atoms with Gasteiger partial charge in [0.25, 0.3) is 5.91 Å². The number of nitrogens with two attached hydrogens (primary N) is 1. The molecular weight excluding hydrogens is 442 g/mol. The van der Waals surface area contributed by atoms with E-state index in [0.29, 0.717) is 19.8 Å². The molecule has 2 aromatic carbocycles. The van der Waals surface area contributed by atoms with Gasteiger partial charge >= 0.3 is 0 Å². The first-order chi connectivity index (χ1) is 17.0. The van der Waals surface area contributed by atoms with E-state index in [4.69, 9.17) is 15.2 Å². The van der Waals surface area contributed by atoms with Gasteiger partial charge in [-0.25, -0.2) is 9.97 Å². The maximum atomic E-state index is 13.1. The number of benzene rings is 2. The molecule has 1 saturated heterocycles. The Balaban J connectivity index is 1.41. The molecule has 8 nitrogen and oxygen atoms in total. The largest absolute Gasteiger partial charge is 0.491 e. The summed E-state index contributed by atoms with van der Waals surface area (Å²) in [5.74, 6) is 1.77. The van der Waals surface area contributed by atoms with Crippen LogP contribution in [-0.4, -0.2) is 66.8 Å². The first-order valence-electron chi connectivity index (χ1n) is 12.3. The molecule has 0 bridgehead atoms. The average Bonchev–Trinajstić information content (AvgIpc) is 2.88. The van der Waals surface area contributed by atoms with Crippen LogP contribution in [0.1, 0.15) is 39.9 Å². The first-order valence-corrected chi connectivity index (χ1v) is 12.3. The lowest BCUT2D eigenvalue weighted by Crippen LogP contribution is -2.43. The van der Waals surface area contributed by atoms with Crippen LogP contribution >= 0.6 is 0 Å². The molecule has 0 spiro atoms. The zero-order valence-electron chi connectivity index (χ0n) is 20.5. The molecule has 0 atom stereocenters. The van der Waals surface area contributed by atoms with Gasteiger partial charge < -0.3 is 25.0 Å². The second kappa shape index (κ2) is 10.2. The van der Waals surface area contributed by atoms with E-state index in [-0.39, 0.29) is 11.9 Å². The van der Waals surface area contributed by atoms with Crippen LogP contribution in [0.25, 0.3) is 10.9 Å². The van der Waals surface area contributed by atoms with Crippen LogP contribution in [0, 0.1) is 6.92 Å². The van der Waals surface area contributed by atoms with Crippen molar-refractivity contribution in [3.8, 4) is 5.75 Å². The van der Waals surface area contributed by atoms with Gasteiger partial charge in [-0.2, -0.15) is 0 Å². The van der Waals surface area contributed by atoms with Crippen LogP contribution in [0.15, 0.2) is 36.7 Å². The summed E-state index contributed by atoms with van der Waals surface area (Å²) in [6.07, 6.45) is 4.26. The highest BCUT2D eigenvalue weighted by atomic mass is 16.5. The normalized spacial score (nSPS) is 16.4. The van der Waals surface area contributed by atoms with Crippen molar-refractivity contribution in [1.82, 2.24) is 14.9 Å². The number of aromatic nitrogens is 2. The first kappa shape index (κ1) is 23.5. The zero-order valence-corrected chi connectivity index (χ0v) is 20.5. The van der Waals surface area contributed by atoms with Gasteiger partial charge in [-0.05, 0) is 67.1 Å². The third-order valence-corrected chi connectivity index (χ3v) is 7.03. The van der Waals surface area contributed by atoms with E-state index in [9.17, 15) is 4.79 Å². The minimum Gasteiger partial charge on any atom is -0.491 e.